The van der Waals surface area contributed by atoms with Crippen LogP contribution in [0.2, 0.25) is 0 Å². The number of benzene rings is 2. The predicted molar refractivity (Wildman–Crippen MR) is 113 cm³/mol. The highest BCUT2D eigenvalue weighted by Crippen LogP contribution is 2.36. The fraction of sp³-hybridized carbons (Fsp3) is 0.364. The van der Waals surface area contributed by atoms with Crippen molar-refractivity contribution in [1.82, 2.24) is 5.01 Å². The molecule has 4 nitrogen and oxygen atoms in total. The first-order valence-corrected chi connectivity index (χ1v) is 9.34. The smallest absolute Gasteiger partial charge is 0.0826 e. The van der Waals surface area contributed by atoms with Crippen LogP contribution in [0.5, 0.6) is 0 Å². The van der Waals surface area contributed by atoms with Crippen molar-refractivity contribution in [2.45, 2.75) is 46.7 Å². The van der Waals surface area contributed by atoms with Crippen molar-refractivity contribution in [2.75, 3.05) is 11.9 Å². The highest BCUT2D eigenvalue weighted by molar-refractivity contribution is 5.93. The fourth-order valence-corrected chi connectivity index (χ4v) is 3.22. The summed E-state index contributed by atoms with van der Waals surface area (Å²) in [6.07, 6.45) is 1.25. The summed E-state index contributed by atoms with van der Waals surface area (Å²) in [5, 5.41) is 1.62. The summed E-state index contributed by atoms with van der Waals surface area (Å²) in [5.74, 6) is 6.13. The van der Waals surface area contributed by atoms with Crippen LogP contribution in [0.25, 0.3) is 11.4 Å². The zero-order chi connectivity index (χ0) is 19.3. The summed E-state index contributed by atoms with van der Waals surface area (Å²) in [5.41, 5.74) is 12.7. The van der Waals surface area contributed by atoms with Crippen molar-refractivity contribution < 1.29 is 0 Å². The van der Waals surface area contributed by atoms with Crippen LogP contribution in [0.4, 0.5) is 5.69 Å². The molecule has 4 N–H and O–H groups in total. The number of rotatable bonds is 2. The number of nitrogens with zero attached hydrogens (tertiary/aromatic N) is 2. The van der Waals surface area contributed by atoms with Crippen molar-refractivity contribution in [2.24, 2.45) is 11.6 Å². The molecule has 0 unspecified atom stereocenters. The molecule has 0 fully saturated rings. The standard InChI is InChI=1S/C19H24N4.C3H8/c1-13(2)23-12-14-8-4-5-9-15(14)19(22(3)21)18(20)16-10-6-7-11-17(16)23;1-3-2/h4-11,13H,12,20-21H2,1-3H3;3H2,1-2H3/b19-18-;. The van der Waals surface area contributed by atoms with Gasteiger partial charge in [0.1, 0.15) is 0 Å². The van der Waals surface area contributed by atoms with Gasteiger partial charge >= 0.3 is 0 Å². The van der Waals surface area contributed by atoms with Gasteiger partial charge in [-0.1, -0.05) is 62.7 Å². The van der Waals surface area contributed by atoms with Crippen LogP contribution in [0.1, 0.15) is 50.8 Å². The van der Waals surface area contributed by atoms with E-state index < -0.39 is 0 Å². The molecular formula is C22H32N4. The van der Waals surface area contributed by atoms with E-state index in [-0.39, 0.29) is 0 Å². The fourth-order valence-electron chi connectivity index (χ4n) is 3.22. The Labute approximate surface area is 158 Å². The molecule has 0 radical (unpaired) electrons. The van der Waals surface area contributed by atoms with Gasteiger partial charge in [-0.3, -0.25) is 0 Å². The molecule has 4 heteroatoms. The van der Waals surface area contributed by atoms with Crippen LogP contribution in [0.15, 0.2) is 48.5 Å². The average Bonchev–Trinajstić information content (AvgIpc) is 2.60. The molecule has 0 aromatic heterocycles. The van der Waals surface area contributed by atoms with E-state index in [0.717, 1.165) is 29.1 Å². The monoisotopic (exact) mass is 352 g/mol. The van der Waals surface area contributed by atoms with Gasteiger partial charge in [-0.2, -0.15) is 0 Å². The maximum Gasteiger partial charge on any atom is 0.0826 e. The number of para-hydroxylation sites is 1. The molecular weight excluding hydrogens is 320 g/mol. The maximum absolute atomic E-state index is 6.57. The van der Waals surface area contributed by atoms with Crippen LogP contribution in [-0.4, -0.2) is 18.1 Å². The van der Waals surface area contributed by atoms with E-state index in [1.165, 1.54) is 12.0 Å². The van der Waals surface area contributed by atoms with E-state index in [4.69, 9.17) is 11.6 Å². The van der Waals surface area contributed by atoms with Gasteiger partial charge in [-0.05, 0) is 25.5 Å². The number of anilines is 1. The van der Waals surface area contributed by atoms with Crippen molar-refractivity contribution in [1.29, 1.82) is 0 Å². The van der Waals surface area contributed by atoms with E-state index >= 15 is 0 Å². The van der Waals surface area contributed by atoms with Crippen LogP contribution in [0.3, 0.4) is 0 Å². The highest BCUT2D eigenvalue weighted by atomic mass is 15.4. The Morgan fingerprint density at radius 2 is 1.54 bits per heavy atom. The SMILES string of the molecule is CC(C)N1Cc2ccccc2/C(N(C)N)=C(/N)c2ccccc21.CCC. The van der Waals surface area contributed by atoms with Gasteiger partial charge in [0.25, 0.3) is 0 Å². The summed E-state index contributed by atoms with van der Waals surface area (Å²) in [7, 11) is 1.84. The number of hydrazine groups is 1. The summed E-state index contributed by atoms with van der Waals surface area (Å²) < 4.78 is 0. The number of hydrogen-bond acceptors (Lipinski definition) is 4. The topological polar surface area (TPSA) is 58.5 Å². The second kappa shape index (κ2) is 8.77. The van der Waals surface area contributed by atoms with Crippen molar-refractivity contribution in [3.63, 3.8) is 0 Å². The number of fused-ring (bicyclic) bond motifs is 2. The number of nitrogens with two attached hydrogens (primary N) is 2. The molecule has 1 heterocycles. The first-order valence-electron chi connectivity index (χ1n) is 9.34. The Bertz CT molecular complexity index is 762. The second-order valence-electron chi connectivity index (χ2n) is 6.98. The van der Waals surface area contributed by atoms with Gasteiger partial charge in [0.15, 0.2) is 0 Å². The molecule has 0 bridgehead atoms. The Morgan fingerprint density at radius 1 is 1.00 bits per heavy atom. The van der Waals surface area contributed by atoms with Gasteiger partial charge in [-0.15, -0.1) is 0 Å². The summed E-state index contributed by atoms with van der Waals surface area (Å²) in [4.78, 5) is 2.38. The molecule has 2 aromatic carbocycles. The Kier molecular flexibility index (Phi) is 6.70. The Hall–Kier alpha value is -2.46. The minimum Gasteiger partial charge on any atom is -0.396 e. The lowest BCUT2D eigenvalue weighted by atomic mass is 9.95. The molecule has 1 aliphatic rings. The lowest BCUT2D eigenvalue weighted by molar-refractivity contribution is 0.510. The first-order chi connectivity index (χ1) is 12.4. The molecule has 26 heavy (non-hydrogen) atoms. The van der Waals surface area contributed by atoms with E-state index in [1.807, 2.05) is 19.2 Å². The van der Waals surface area contributed by atoms with Gasteiger partial charge in [0.05, 0.1) is 11.4 Å². The molecule has 0 aliphatic carbocycles. The van der Waals surface area contributed by atoms with Gasteiger partial charge in [-0.25, -0.2) is 5.84 Å². The molecule has 0 saturated heterocycles. The van der Waals surface area contributed by atoms with E-state index in [9.17, 15) is 0 Å². The van der Waals surface area contributed by atoms with E-state index in [0.29, 0.717) is 11.7 Å². The zero-order valence-electron chi connectivity index (χ0n) is 16.7. The third-order valence-corrected chi connectivity index (χ3v) is 4.35. The molecule has 2 aromatic rings. The molecule has 0 amide bonds. The quantitative estimate of drug-likeness (QED) is 0.620. The first kappa shape index (κ1) is 19.9. The van der Waals surface area contributed by atoms with Gasteiger partial charge in [0.2, 0.25) is 0 Å². The van der Waals surface area contributed by atoms with Crippen molar-refractivity contribution in [3.05, 3.63) is 65.2 Å². The largest absolute Gasteiger partial charge is 0.396 e. The molecule has 0 saturated carbocycles. The zero-order valence-corrected chi connectivity index (χ0v) is 16.7. The lowest BCUT2D eigenvalue weighted by Crippen LogP contribution is -2.34. The average molecular weight is 353 g/mol. The minimum atomic E-state index is 0.370. The van der Waals surface area contributed by atoms with Crippen LogP contribution >= 0.6 is 0 Å². The van der Waals surface area contributed by atoms with Crippen molar-refractivity contribution in [3.8, 4) is 0 Å². The maximum atomic E-state index is 6.57. The van der Waals surface area contributed by atoms with Crippen LogP contribution in [0, 0.1) is 0 Å². The lowest BCUT2D eigenvalue weighted by Gasteiger charge is -2.35. The predicted octanol–water partition coefficient (Wildman–Crippen LogP) is 4.42. The highest BCUT2D eigenvalue weighted by Gasteiger charge is 2.24. The van der Waals surface area contributed by atoms with E-state index in [2.05, 4.69) is 69.0 Å². The normalized spacial score (nSPS) is 16.0. The van der Waals surface area contributed by atoms with Gasteiger partial charge in [0, 0.05) is 36.4 Å². The van der Waals surface area contributed by atoms with Crippen molar-refractivity contribution >= 4 is 17.1 Å². The number of hydrogen-bond donors (Lipinski definition) is 2. The third kappa shape index (κ3) is 4.02. The van der Waals surface area contributed by atoms with Gasteiger partial charge < -0.3 is 15.6 Å². The second-order valence-corrected chi connectivity index (χ2v) is 6.98. The summed E-state index contributed by atoms with van der Waals surface area (Å²) in [6, 6.07) is 17.0. The summed E-state index contributed by atoms with van der Waals surface area (Å²) in [6.45, 7) is 9.49. The molecule has 140 valence electrons. The Balaban J connectivity index is 0.000000758. The molecule has 0 spiro atoms. The molecule has 0 atom stereocenters. The summed E-state index contributed by atoms with van der Waals surface area (Å²) >= 11 is 0. The third-order valence-electron chi connectivity index (χ3n) is 4.35. The molecule has 1 aliphatic heterocycles. The van der Waals surface area contributed by atoms with Crippen LogP contribution < -0.4 is 16.5 Å². The van der Waals surface area contributed by atoms with E-state index in [1.54, 1.807) is 5.01 Å². The Morgan fingerprint density at radius 3 is 2.12 bits per heavy atom. The molecule has 3 rings (SSSR count). The minimum absolute atomic E-state index is 0.370. The van der Waals surface area contributed by atoms with Crippen LogP contribution in [-0.2, 0) is 6.54 Å².